The number of H-pyrrole nitrogens is 1. The molecule has 1 N–H and O–H groups in total. The fourth-order valence-corrected chi connectivity index (χ4v) is 4.67. The minimum absolute atomic E-state index is 0.00676. The lowest BCUT2D eigenvalue weighted by molar-refractivity contribution is 0.0535. The first kappa shape index (κ1) is 23.6. The van der Waals surface area contributed by atoms with Gasteiger partial charge in [0.2, 0.25) is 0 Å². The summed E-state index contributed by atoms with van der Waals surface area (Å²) in [6.45, 7) is 2.60. The van der Waals surface area contributed by atoms with Crippen molar-refractivity contribution >= 4 is 16.9 Å². The molecule has 9 nitrogen and oxygen atoms in total. The summed E-state index contributed by atoms with van der Waals surface area (Å²) >= 11 is 0. The zero-order chi connectivity index (χ0) is 25.1. The van der Waals surface area contributed by atoms with Crippen LogP contribution in [0.15, 0.2) is 49.2 Å². The molecule has 0 aliphatic carbocycles. The van der Waals surface area contributed by atoms with Crippen molar-refractivity contribution in [2.75, 3.05) is 26.2 Å². The topological polar surface area (TPSA) is 107 Å². The summed E-state index contributed by atoms with van der Waals surface area (Å²) in [6, 6.07) is 7.05. The Hall–Kier alpha value is -4.17. The average molecular weight is 491 g/mol. The van der Waals surface area contributed by atoms with Gasteiger partial charge in [0.05, 0.1) is 24.5 Å². The largest absolute Gasteiger partial charge is 0.346 e. The number of carbonyl (C=O) groups is 1. The first-order chi connectivity index (χ1) is 17.5. The highest BCUT2D eigenvalue weighted by Gasteiger charge is 2.27. The van der Waals surface area contributed by atoms with Crippen LogP contribution in [-0.2, 0) is 6.54 Å². The molecule has 11 heteroatoms. The number of amides is 1. The highest BCUT2D eigenvalue weighted by atomic mass is 19.1. The molecule has 1 aromatic carbocycles. The second kappa shape index (κ2) is 10.2. The molecular weight excluding hydrogens is 466 g/mol. The zero-order valence-corrected chi connectivity index (χ0v) is 19.4. The molecule has 1 atom stereocenters. The Bertz CT molecular complexity index is 1400. The van der Waals surface area contributed by atoms with E-state index in [1.54, 1.807) is 11.1 Å². The Labute approximate surface area is 206 Å². The molecule has 1 fully saturated rings. The standard InChI is InChI=1S/C25H24F2N8O/c26-19-10-17(11-20(27)12-19)25(36)34-8-6-33(7-9-34)21(2-1-4-28)15-35-14-18(13-32-35)23-22-3-5-29-24(22)31-16-30-23/h3,5,10-14,16,21H,1-2,6-9,15H2,(H,29,30,31)/t21-/m0/s1. The van der Waals surface area contributed by atoms with Crippen LogP contribution in [0.2, 0.25) is 0 Å². The Kier molecular flexibility index (Phi) is 6.69. The molecule has 4 aromatic rings. The quantitative estimate of drug-likeness (QED) is 0.426. The van der Waals surface area contributed by atoms with Crippen LogP contribution in [0.25, 0.3) is 22.3 Å². The van der Waals surface area contributed by atoms with E-state index in [4.69, 9.17) is 0 Å². The van der Waals surface area contributed by atoms with E-state index in [1.165, 1.54) is 6.33 Å². The number of nitriles is 1. The zero-order valence-electron chi connectivity index (χ0n) is 19.4. The van der Waals surface area contributed by atoms with Crippen molar-refractivity contribution in [3.05, 3.63) is 66.4 Å². The lowest BCUT2D eigenvalue weighted by Crippen LogP contribution is -2.53. The van der Waals surface area contributed by atoms with Crippen molar-refractivity contribution in [3.63, 3.8) is 0 Å². The summed E-state index contributed by atoms with van der Waals surface area (Å²) in [7, 11) is 0. The Morgan fingerprint density at radius 1 is 1.14 bits per heavy atom. The van der Waals surface area contributed by atoms with Gasteiger partial charge in [-0.1, -0.05) is 0 Å². The SMILES string of the molecule is N#CCC[C@@H](Cn1cc(-c2ncnc3[nH]ccc23)cn1)N1CCN(C(=O)c2cc(F)cc(F)c2)CC1. The van der Waals surface area contributed by atoms with Gasteiger partial charge in [-0.05, 0) is 24.6 Å². The summed E-state index contributed by atoms with van der Waals surface area (Å²) in [5, 5.41) is 14.6. The van der Waals surface area contributed by atoms with E-state index in [9.17, 15) is 18.8 Å². The van der Waals surface area contributed by atoms with Crippen LogP contribution < -0.4 is 0 Å². The molecule has 1 amide bonds. The number of aromatic amines is 1. The fraction of sp³-hybridized carbons (Fsp3) is 0.320. The van der Waals surface area contributed by atoms with E-state index >= 15 is 0 Å². The lowest BCUT2D eigenvalue weighted by Gasteiger charge is -2.39. The number of hydrogen-bond acceptors (Lipinski definition) is 6. The van der Waals surface area contributed by atoms with Crippen molar-refractivity contribution in [1.29, 1.82) is 5.26 Å². The molecule has 0 saturated carbocycles. The first-order valence-corrected chi connectivity index (χ1v) is 11.7. The maximum atomic E-state index is 13.6. The van der Waals surface area contributed by atoms with Gasteiger partial charge >= 0.3 is 0 Å². The third kappa shape index (κ3) is 4.94. The third-order valence-corrected chi connectivity index (χ3v) is 6.48. The number of fused-ring (bicyclic) bond motifs is 1. The van der Waals surface area contributed by atoms with E-state index < -0.39 is 11.6 Å². The van der Waals surface area contributed by atoms with Crippen LogP contribution in [0.1, 0.15) is 23.2 Å². The number of piperazine rings is 1. The fourth-order valence-electron chi connectivity index (χ4n) is 4.67. The van der Waals surface area contributed by atoms with Crippen molar-refractivity contribution in [1.82, 2.24) is 34.5 Å². The van der Waals surface area contributed by atoms with E-state index in [-0.39, 0.29) is 17.5 Å². The summed E-state index contributed by atoms with van der Waals surface area (Å²) in [5.74, 6) is -1.93. The Morgan fingerprint density at radius 3 is 2.67 bits per heavy atom. The van der Waals surface area contributed by atoms with Gasteiger partial charge in [-0.2, -0.15) is 10.4 Å². The molecule has 36 heavy (non-hydrogen) atoms. The molecule has 3 aromatic heterocycles. The van der Waals surface area contributed by atoms with Gasteiger partial charge in [-0.3, -0.25) is 14.4 Å². The van der Waals surface area contributed by atoms with Gasteiger partial charge < -0.3 is 9.88 Å². The van der Waals surface area contributed by atoms with Gasteiger partial charge in [-0.25, -0.2) is 18.7 Å². The van der Waals surface area contributed by atoms with Gasteiger partial charge in [0.25, 0.3) is 5.91 Å². The number of nitrogens with zero attached hydrogens (tertiary/aromatic N) is 7. The number of benzene rings is 1. The predicted molar refractivity (Wildman–Crippen MR) is 128 cm³/mol. The highest BCUT2D eigenvalue weighted by Crippen LogP contribution is 2.24. The number of hydrogen-bond donors (Lipinski definition) is 1. The van der Waals surface area contributed by atoms with Crippen molar-refractivity contribution in [2.45, 2.75) is 25.4 Å². The minimum atomic E-state index is -0.772. The van der Waals surface area contributed by atoms with Crippen LogP contribution in [0, 0.1) is 23.0 Å². The molecule has 0 unspecified atom stereocenters. The molecule has 1 saturated heterocycles. The molecule has 5 rings (SSSR count). The number of nitrogens with one attached hydrogen (secondary N) is 1. The van der Waals surface area contributed by atoms with E-state index in [2.05, 4.69) is 31.0 Å². The molecule has 184 valence electrons. The number of halogens is 2. The maximum absolute atomic E-state index is 13.6. The molecule has 1 aliphatic rings. The monoisotopic (exact) mass is 490 g/mol. The molecule has 1 aliphatic heterocycles. The number of carbonyl (C=O) groups excluding carboxylic acids is 1. The van der Waals surface area contributed by atoms with E-state index in [0.29, 0.717) is 45.6 Å². The molecule has 0 bridgehead atoms. The molecule has 0 radical (unpaired) electrons. The highest BCUT2D eigenvalue weighted by molar-refractivity contribution is 5.94. The molecule has 4 heterocycles. The number of aromatic nitrogens is 5. The first-order valence-electron chi connectivity index (χ1n) is 11.7. The smallest absolute Gasteiger partial charge is 0.254 e. The number of rotatable bonds is 7. The van der Waals surface area contributed by atoms with E-state index in [0.717, 1.165) is 40.5 Å². The molecular formula is C25H24F2N8O. The van der Waals surface area contributed by atoms with Crippen molar-refractivity contribution in [2.24, 2.45) is 0 Å². The summed E-state index contributed by atoms with van der Waals surface area (Å²) in [4.78, 5) is 28.3. The average Bonchev–Trinajstić information content (AvgIpc) is 3.55. The summed E-state index contributed by atoms with van der Waals surface area (Å²) in [6.07, 6.45) is 8.10. The van der Waals surface area contributed by atoms with Gasteiger partial charge in [-0.15, -0.1) is 0 Å². The lowest BCUT2D eigenvalue weighted by atomic mass is 10.1. The Morgan fingerprint density at radius 2 is 1.92 bits per heavy atom. The van der Waals surface area contributed by atoms with Crippen molar-refractivity contribution in [3.8, 4) is 17.3 Å². The van der Waals surface area contributed by atoms with Crippen LogP contribution in [-0.4, -0.2) is 72.7 Å². The van der Waals surface area contributed by atoms with Crippen molar-refractivity contribution < 1.29 is 13.6 Å². The second-order valence-electron chi connectivity index (χ2n) is 8.75. The maximum Gasteiger partial charge on any atom is 0.254 e. The Balaban J connectivity index is 1.26. The van der Waals surface area contributed by atoms with Crippen LogP contribution in [0.5, 0.6) is 0 Å². The van der Waals surface area contributed by atoms with Gasteiger partial charge in [0.15, 0.2) is 0 Å². The molecule has 0 spiro atoms. The van der Waals surface area contributed by atoms with Crippen LogP contribution in [0.3, 0.4) is 0 Å². The third-order valence-electron chi connectivity index (χ3n) is 6.48. The summed E-state index contributed by atoms with van der Waals surface area (Å²) < 4.78 is 29.0. The minimum Gasteiger partial charge on any atom is -0.346 e. The summed E-state index contributed by atoms with van der Waals surface area (Å²) in [5.41, 5.74) is 2.43. The van der Waals surface area contributed by atoms with Gasteiger partial charge in [0, 0.05) is 73.6 Å². The predicted octanol–water partition coefficient (Wildman–Crippen LogP) is 3.23. The van der Waals surface area contributed by atoms with Crippen LogP contribution in [0.4, 0.5) is 8.78 Å². The normalized spacial score (nSPS) is 15.2. The van der Waals surface area contributed by atoms with E-state index in [1.807, 2.05) is 23.1 Å². The van der Waals surface area contributed by atoms with Gasteiger partial charge in [0.1, 0.15) is 23.6 Å². The van der Waals surface area contributed by atoms with Crippen LogP contribution >= 0.6 is 0 Å². The second-order valence-corrected chi connectivity index (χ2v) is 8.75.